The molecule has 26 heavy (non-hydrogen) atoms. The number of carbonyl (C=O) groups excluding carboxylic acids is 1. The van der Waals surface area contributed by atoms with Gasteiger partial charge in [0, 0.05) is 5.56 Å². The van der Waals surface area contributed by atoms with Crippen LogP contribution in [0.5, 0.6) is 0 Å². The Morgan fingerprint density at radius 3 is 2.46 bits per heavy atom. The summed E-state index contributed by atoms with van der Waals surface area (Å²) in [6.45, 7) is 6.50. The molecule has 0 fully saturated rings. The van der Waals surface area contributed by atoms with Crippen LogP contribution in [0.4, 0.5) is 4.39 Å². The van der Waals surface area contributed by atoms with Gasteiger partial charge in [0.25, 0.3) is 0 Å². The van der Waals surface area contributed by atoms with Crippen LogP contribution in [0.2, 0.25) is 0 Å². The lowest BCUT2D eigenvalue weighted by molar-refractivity contribution is -0.146. The molecular weight excluding hydrogens is 327 g/mol. The molecule has 0 aliphatic heterocycles. The molecule has 2 nitrogen and oxygen atoms in total. The van der Waals surface area contributed by atoms with Gasteiger partial charge in [-0.05, 0) is 36.5 Å². The highest BCUT2D eigenvalue weighted by atomic mass is 19.1. The van der Waals surface area contributed by atoms with Crippen LogP contribution in [0.25, 0.3) is 11.1 Å². The quantitative estimate of drug-likeness (QED) is 0.489. The van der Waals surface area contributed by atoms with Gasteiger partial charge < -0.3 is 4.74 Å². The number of halogens is 1. The molecule has 0 aliphatic rings. The third-order valence-corrected chi connectivity index (χ3v) is 4.94. The van der Waals surface area contributed by atoms with Crippen molar-refractivity contribution >= 4 is 5.97 Å². The molecule has 0 amide bonds. The van der Waals surface area contributed by atoms with Crippen LogP contribution in [-0.2, 0) is 9.53 Å². The molecule has 2 unspecified atom stereocenters. The van der Waals surface area contributed by atoms with E-state index in [2.05, 4.69) is 13.8 Å². The Bertz CT molecular complexity index is 697. The Labute approximate surface area is 156 Å². The number of benzene rings is 2. The highest BCUT2D eigenvalue weighted by molar-refractivity contribution is 5.78. The topological polar surface area (TPSA) is 26.3 Å². The maximum absolute atomic E-state index is 14.5. The Morgan fingerprint density at radius 2 is 1.85 bits per heavy atom. The van der Waals surface area contributed by atoms with Crippen molar-refractivity contribution in [3.8, 4) is 11.1 Å². The van der Waals surface area contributed by atoms with Crippen molar-refractivity contribution in [2.45, 2.75) is 52.4 Å². The van der Waals surface area contributed by atoms with E-state index in [1.165, 1.54) is 6.07 Å². The molecule has 140 valence electrons. The molecule has 2 atom stereocenters. The number of carbonyl (C=O) groups is 1. The zero-order chi connectivity index (χ0) is 18.9. The van der Waals surface area contributed by atoms with Crippen molar-refractivity contribution in [3.63, 3.8) is 0 Å². The minimum Gasteiger partial charge on any atom is -0.465 e. The van der Waals surface area contributed by atoms with Crippen molar-refractivity contribution < 1.29 is 13.9 Å². The second-order valence-electron chi connectivity index (χ2n) is 6.87. The smallest absolute Gasteiger partial charge is 0.313 e. The zero-order valence-electron chi connectivity index (χ0n) is 16.0. The zero-order valence-corrected chi connectivity index (χ0v) is 16.0. The second-order valence-corrected chi connectivity index (χ2v) is 6.87. The fraction of sp³-hybridized carbons (Fsp3) is 0.435. The first-order chi connectivity index (χ1) is 12.6. The number of unbranched alkanes of at least 4 members (excludes halogenated alkanes) is 1. The van der Waals surface area contributed by atoms with E-state index in [-0.39, 0.29) is 11.8 Å². The fourth-order valence-electron chi connectivity index (χ4n) is 3.01. The van der Waals surface area contributed by atoms with Gasteiger partial charge in [0.1, 0.15) is 5.82 Å². The van der Waals surface area contributed by atoms with Crippen LogP contribution in [0.3, 0.4) is 0 Å². The summed E-state index contributed by atoms with van der Waals surface area (Å²) in [4.78, 5) is 12.4. The normalized spacial score (nSPS) is 13.2. The summed E-state index contributed by atoms with van der Waals surface area (Å²) in [7, 11) is 0. The molecule has 3 heteroatoms. The molecule has 2 aromatic carbocycles. The van der Waals surface area contributed by atoms with Crippen LogP contribution in [0, 0.1) is 11.7 Å². The molecule has 0 bridgehead atoms. The largest absolute Gasteiger partial charge is 0.465 e. The summed E-state index contributed by atoms with van der Waals surface area (Å²) in [5, 5.41) is 0. The van der Waals surface area contributed by atoms with Gasteiger partial charge in [-0.2, -0.15) is 0 Å². The highest BCUT2D eigenvalue weighted by Gasteiger charge is 2.20. The minimum absolute atomic E-state index is 0.285. The number of rotatable bonds is 9. The summed E-state index contributed by atoms with van der Waals surface area (Å²) >= 11 is 0. The maximum Gasteiger partial charge on any atom is 0.313 e. The van der Waals surface area contributed by atoms with Crippen LogP contribution in [-0.4, -0.2) is 12.6 Å². The predicted molar refractivity (Wildman–Crippen MR) is 105 cm³/mol. The summed E-state index contributed by atoms with van der Waals surface area (Å²) in [5.41, 5.74) is 2.02. The van der Waals surface area contributed by atoms with E-state index < -0.39 is 5.92 Å². The van der Waals surface area contributed by atoms with E-state index in [1.54, 1.807) is 13.0 Å². The van der Waals surface area contributed by atoms with Crippen molar-refractivity contribution in [2.75, 3.05) is 6.61 Å². The van der Waals surface area contributed by atoms with Gasteiger partial charge in [0.15, 0.2) is 0 Å². The van der Waals surface area contributed by atoms with Gasteiger partial charge in [-0.15, -0.1) is 0 Å². The highest BCUT2D eigenvalue weighted by Crippen LogP contribution is 2.27. The Hall–Kier alpha value is -2.16. The van der Waals surface area contributed by atoms with Crippen LogP contribution in [0.15, 0.2) is 48.5 Å². The molecule has 0 spiro atoms. The van der Waals surface area contributed by atoms with E-state index in [1.807, 2.05) is 36.4 Å². The summed E-state index contributed by atoms with van der Waals surface area (Å²) in [5.74, 6) is -0.671. The molecule has 2 rings (SSSR count). The average molecular weight is 356 g/mol. The first-order valence-corrected chi connectivity index (χ1v) is 9.58. The predicted octanol–water partition coefficient (Wildman–Crippen LogP) is 6.36. The fourth-order valence-corrected chi connectivity index (χ4v) is 3.01. The molecule has 0 N–H and O–H groups in total. The van der Waals surface area contributed by atoms with Crippen molar-refractivity contribution in [3.05, 3.63) is 59.9 Å². The summed E-state index contributed by atoms with van der Waals surface area (Å²) in [6, 6.07) is 14.4. The summed E-state index contributed by atoms with van der Waals surface area (Å²) in [6.07, 6.45) is 4.38. The van der Waals surface area contributed by atoms with Crippen LogP contribution >= 0.6 is 0 Å². The van der Waals surface area contributed by atoms with Crippen molar-refractivity contribution in [1.82, 2.24) is 0 Å². The van der Waals surface area contributed by atoms with Gasteiger partial charge >= 0.3 is 5.97 Å². The van der Waals surface area contributed by atoms with Gasteiger partial charge in [0.05, 0.1) is 12.5 Å². The standard InChI is InChI=1S/C23H29FO2/c1-4-6-10-18(5-2)16-26-23(25)17(3)20-13-14-21(22(24)15-20)19-11-8-7-9-12-19/h7-9,11-15,17-18H,4-6,10,16H2,1-3H3. The molecule has 0 saturated carbocycles. The van der Waals surface area contributed by atoms with E-state index in [0.717, 1.165) is 31.2 Å². The van der Waals surface area contributed by atoms with Gasteiger partial charge in [-0.25, -0.2) is 4.39 Å². The lowest BCUT2D eigenvalue weighted by atomic mass is 9.96. The SMILES string of the molecule is CCCCC(CC)COC(=O)C(C)c1ccc(-c2ccccc2)c(F)c1. The third-order valence-electron chi connectivity index (χ3n) is 4.94. The first kappa shape index (κ1) is 20.2. The lowest BCUT2D eigenvalue weighted by Crippen LogP contribution is -2.18. The second kappa shape index (κ2) is 10.1. The summed E-state index contributed by atoms with van der Waals surface area (Å²) < 4.78 is 20.0. The van der Waals surface area contributed by atoms with E-state index in [4.69, 9.17) is 4.74 Å². The number of esters is 1. The maximum atomic E-state index is 14.5. The molecule has 0 saturated heterocycles. The van der Waals surface area contributed by atoms with E-state index in [0.29, 0.717) is 23.7 Å². The molecule has 0 aromatic heterocycles. The number of hydrogen-bond donors (Lipinski definition) is 0. The van der Waals surface area contributed by atoms with Gasteiger partial charge in [-0.1, -0.05) is 75.6 Å². The molecule has 0 radical (unpaired) electrons. The molecular formula is C23H29FO2. The monoisotopic (exact) mass is 356 g/mol. The van der Waals surface area contributed by atoms with E-state index >= 15 is 0 Å². The molecule has 2 aromatic rings. The molecule has 0 heterocycles. The number of hydrogen-bond acceptors (Lipinski definition) is 2. The van der Waals surface area contributed by atoms with Crippen LogP contribution in [0.1, 0.15) is 57.9 Å². The van der Waals surface area contributed by atoms with Gasteiger partial charge in [0.2, 0.25) is 0 Å². The Balaban J connectivity index is 2.01. The first-order valence-electron chi connectivity index (χ1n) is 9.58. The van der Waals surface area contributed by atoms with Crippen molar-refractivity contribution in [2.24, 2.45) is 5.92 Å². The number of ether oxygens (including phenoxy) is 1. The molecule has 0 aliphatic carbocycles. The Kier molecular flexibility index (Phi) is 7.83. The van der Waals surface area contributed by atoms with Crippen LogP contribution < -0.4 is 0 Å². The lowest BCUT2D eigenvalue weighted by Gasteiger charge is -2.17. The van der Waals surface area contributed by atoms with E-state index in [9.17, 15) is 9.18 Å². The third kappa shape index (κ3) is 5.42. The Morgan fingerprint density at radius 1 is 1.12 bits per heavy atom. The minimum atomic E-state index is -0.474. The van der Waals surface area contributed by atoms with Gasteiger partial charge in [-0.3, -0.25) is 4.79 Å². The average Bonchev–Trinajstić information content (AvgIpc) is 2.68. The van der Waals surface area contributed by atoms with Crippen molar-refractivity contribution in [1.29, 1.82) is 0 Å².